The molecule has 1 aliphatic carbocycles. The summed E-state index contributed by atoms with van der Waals surface area (Å²) in [4.78, 5) is 14.3. The number of carbonyl (C=O) groups is 1. The number of nitrogens with one attached hydrogen (secondary N) is 1. The molecule has 2 fully saturated rings. The van der Waals surface area contributed by atoms with Gasteiger partial charge >= 0.3 is 0 Å². The second kappa shape index (κ2) is 7.13. The van der Waals surface area contributed by atoms with E-state index in [4.69, 9.17) is 0 Å². The summed E-state index contributed by atoms with van der Waals surface area (Å²) in [5, 5.41) is 3.47. The Hall–Kier alpha value is -0.570. The van der Waals surface area contributed by atoms with Crippen LogP contribution in [0, 0.1) is 0 Å². The molecule has 1 N–H and O–H groups in total. The lowest BCUT2D eigenvalue weighted by Crippen LogP contribution is -2.37. The van der Waals surface area contributed by atoms with E-state index < -0.39 is 0 Å². The predicted octanol–water partition coefficient (Wildman–Crippen LogP) is 2.70. The maximum Gasteiger partial charge on any atom is 0.222 e. The van der Waals surface area contributed by atoms with Gasteiger partial charge in [0.1, 0.15) is 0 Å². The van der Waals surface area contributed by atoms with Gasteiger partial charge in [-0.25, -0.2) is 0 Å². The van der Waals surface area contributed by atoms with Crippen LogP contribution in [-0.4, -0.2) is 36.5 Å². The highest BCUT2D eigenvalue weighted by Gasteiger charge is 2.22. The molecule has 1 saturated heterocycles. The standard InChI is InChI=1S/C15H28N2O/c1-17(14-8-4-2-3-5-9-14)15(18)11-10-13-7-6-12-16-13/h13-14,16H,2-12H2,1H3. The summed E-state index contributed by atoms with van der Waals surface area (Å²) in [7, 11) is 2.01. The fraction of sp³-hybridized carbons (Fsp3) is 0.933. The average molecular weight is 252 g/mol. The Morgan fingerprint density at radius 1 is 1.11 bits per heavy atom. The monoisotopic (exact) mass is 252 g/mol. The molecule has 0 spiro atoms. The summed E-state index contributed by atoms with van der Waals surface area (Å²) in [6, 6.07) is 1.10. The van der Waals surface area contributed by atoms with Gasteiger partial charge in [0.15, 0.2) is 0 Å². The predicted molar refractivity (Wildman–Crippen MR) is 74.5 cm³/mol. The molecule has 1 unspecified atom stereocenters. The minimum Gasteiger partial charge on any atom is -0.343 e. The van der Waals surface area contributed by atoms with Gasteiger partial charge in [0.25, 0.3) is 0 Å². The van der Waals surface area contributed by atoms with Crippen molar-refractivity contribution in [2.75, 3.05) is 13.6 Å². The van der Waals surface area contributed by atoms with Gasteiger partial charge in [0.2, 0.25) is 5.91 Å². The summed E-state index contributed by atoms with van der Waals surface area (Å²) in [5.41, 5.74) is 0. The van der Waals surface area contributed by atoms with Gasteiger partial charge in [-0.2, -0.15) is 0 Å². The van der Waals surface area contributed by atoms with E-state index >= 15 is 0 Å². The molecular formula is C15H28N2O. The molecule has 3 nitrogen and oxygen atoms in total. The van der Waals surface area contributed by atoms with Crippen molar-refractivity contribution < 1.29 is 4.79 Å². The van der Waals surface area contributed by atoms with E-state index in [0.717, 1.165) is 19.4 Å². The molecule has 2 rings (SSSR count). The molecule has 2 aliphatic rings. The third-order valence-electron chi connectivity index (χ3n) is 4.63. The maximum absolute atomic E-state index is 12.2. The first-order chi connectivity index (χ1) is 8.77. The Labute approximate surface area is 111 Å². The first-order valence-electron chi connectivity index (χ1n) is 7.76. The number of nitrogens with zero attached hydrogens (tertiary/aromatic N) is 1. The lowest BCUT2D eigenvalue weighted by Gasteiger charge is -2.27. The first kappa shape index (κ1) is 13.9. The van der Waals surface area contributed by atoms with E-state index in [2.05, 4.69) is 5.32 Å². The van der Waals surface area contributed by atoms with E-state index in [1.807, 2.05) is 11.9 Å². The summed E-state index contributed by atoms with van der Waals surface area (Å²) >= 11 is 0. The van der Waals surface area contributed by atoms with Crippen LogP contribution in [0.4, 0.5) is 0 Å². The molecule has 0 radical (unpaired) electrons. The Morgan fingerprint density at radius 3 is 2.44 bits per heavy atom. The number of amides is 1. The molecule has 1 amide bonds. The Bertz CT molecular complexity index is 253. The van der Waals surface area contributed by atoms with Crippen molar-refractivity contribution in [3.63, 3.8) is 0 Å². The molecule has 0 aromatic carbocycles. The Morgan fingerprint density at radius 2 is 1.83 bits per heavy atom. The summed E-state index contributed by atoms with van der Waals surface area (Å²) in [5.74, 6) is 0.357. The van der Waals surface area contributed by atoms with Gasteiger partial charge < -0.3 is 10.2 Å². The van der Waals surface area contributed by atoms with Crippen LogP contribution in [0.5, 0.6) is 0 Å². The molecular weight excluding hydrogens is 224 g/mol. The number of rotatable bonds is 4. The number of hydrogen-bond donors (Lipinski definition) is 1. The summed E-state index contributed by atoms with van der Waals surface area (Å²) in [6.07, 6.45) is 12.0. The van der Waals surface area contributed by atoms with Gasteiger partial charge in [-0.3, -0.25) is 4.79 Å². The van der Waals surface area contributed by atoms with Crippen LogP contribution >= 0.6 is 0 Å². The van der Waals surface area contributed by atoms with Crippen molar-refractivity contribution in [1.82, 2.24) is 10.2 Å². The molecule has 0 bridgehead atoms. The van der Waals surface area contributed by atoms with E-state index in [1.165, 1.54) is 51.4 Å². The molecule has 1 saturated carbocycles. The van der Waals surface area contributed by atoms with Crippen LogP contribution in [-0.2, 0) is 4.79 Å². The highest BCUT2D eigenvalue weighted by atomic mass is 16.2. The fourth-order valence-corrected chi connectivity index (χ4v) is 3.33. The van der Waals surface area contributed by atoms with E-state index in [9.17, 15) is 4.79 Å². The normalized spacial score (nSPS) is 25.9. The molecule has 104 valence electrons. The lowest BCUT2D eigenvalue weighted by molar-refractivity contribution is -0.132. The lowest BCUT2D eigenvalue weighted by atomic mass is 10.1. The Balaban J connectivity index is 1.72. The quantitative estimate of drug-likeness (QED) is 0.780. The minimum absolute atomic E-state index is 0.357. The van der Waals surface area contributed by atoms with Gasteiger partial charge in [0.05, 0.1) is 0 Å². The zero-order valence-corrected chi connectivity index (χ0v) is 11.8. The second-order valence-corrected chi connectivity index (χ2v) is 5.98. The van der Waals surface area contributed by atoms with Crippen LogP contribution in [0.15, 0.2) is 0 Å². The van der Waals surface area contributed by atoms with Crippen LogP contribution in [0.1, 0.15) is 64.2 Å². The largest absolute Gasteiger partial charge is 0.343 e. The van der Waals surface area contributed by atoms with Crippen molar-refractivity contribution in [2.24, 2.45) is 0 Å². The zero-order valence-electron chi connectivity index (χ0n) is 11.8. The van der Waals surface area contributed by atoms with Gasteiger partial charge in [-0.15, -0.1) is 0 Å². The van der Waals surface area contributed by atoms with Gasteiger partial charge in [-0.05, 0) is 38.6 Å². The van der Waals surface area contributed by atoms with Crippen LogP contribution in [0.3, 0.4) is 0 Å². The summed E-state index contributed by atoms with van der Waals surface area (Å²) < 4.78 is 0. The topological polar surface area (TPSA) is 32.3 Å². The molecule has 3 heteroatoms. The van der Waals surface area contributed by atoms with E-state index in [-0.39, 0.29) is 0 Å². The zero-order chi connectivity index (χ0) is 12.8. The molecule has 0 aromatic heterocycles. The van der Waals surface area contributed by atoms with Crippen molar-refractivity contribution >= 4 is 5.91 Å². The molecule has 1 aliphatic heterocycles. The third-order valence-corrected chi connectivity index (χ3v) is 4.63. The van der Waals surface area contributed by atoms with Crippen LogP contribution in [0.25, 0.3) is 0 Å². The fourth-order valence-electron chi connectivity index (χ4n) is 3.33. The molecule has 1 atom stereocenters. The van der Waals surface area contributed by atoms with Crippen molar-refractivity contribution in [2.45, 2.75) is 76.3 Å². The Kier molecular flexibility index (Phi) is 5.48. The van der Waals surface area contributed by atoms with Gasteiger partial charge in [0, 0.05) is 25.6 Å². The van der Waals surface area contributed by atoms with Crippen molar-refractivity contribution in [1.29, 1.82) is 0 Å². The number of carbonyl (C=O) groups excluding carboxylic acids is 1. The minimum atomic E-state index is 0.357. The van der Waals surface area contributed by atoms with Gasteiger partial charge in [-0.1, -0.05) is 25.7 Å². The molecule has 18 heavy (non-hydrogen) atoms. The SMILES string of the molecule is CN(C(=O)CCC1CCCN1)C1CCCCCC1. The van der Waals surface area contributed by atoms with Crippen LogP contribution in [0.2, 0.25) is 0 Å². The van der Waals surface area contributed by atoms with Crippen LogP contribution < -0.4 is 5.32 Å². The highest BCUT2D eigenvalue weighted by molar-refractivity contribution is 5.76. The highest BCUT2D eigenvalue weighted by Crippen LogP contribution is 2.22. The maximum atomic E-state index is 12.2. The summed E-state index contributed by atoms with van der Waals surface area (Å²) in [6.45, 7) is 1.14. The van der Waals surface area contributed by atoms with Crippen molar-refractivity contribution in [3.05, 3.63) is 0 Å². The first-order valence-corrected chi connectivity index (χ1v) is 7.76. The second-order valence-electron chi connectivity index (χ2n) is 5.98. The van der Waals surface area contributed by atoms with E-state index in [1.54, 1.807) is 0 Å². The third kappa shape index (κ3) is 3.98. The average Bonchev–Trinajstić information content (AvgIpc) is 2.75. The number of hydrogen-bond acceptors (Lipinski definition) is 2. The molecule has 1 heterocycles. The van der Waals surface area contributed by atoms with E-state index in [0.29, 0.717) is 18.0 Å². The smallest absolute Gasteiger partial charge is 0.222 e. The molecule has 0 aromatic rings. The van der Waals surface area contributed by atoms with Crippen molar-refractivity contribution in [3.8, 4) is 0 Å².